The molecule has 14 heteroatoms. The minimum Gasteiger partial charge on any atom is -0.352 e. The average molecular weight is 657 g/mol. The fourth-order valence-electron chi connectivity index (χ4n) is 4.46. The van der Waals surface area contributed by atoms with Crippen molar-refractivity contribution < 1.29 is 26.4 Å². The molecule has 1 aliphatic carbocycles. The third-order valence-corrected chi connectivity index (χ3v) is 10.9. The van der Waals surface area contributed by atoms with Gasteiger partial charge in [0.25, 0.3) is 10.0 Å². The Bertz CT molecular complexity index is 1730. The quantitative estimate of drug-likeness (QED) is 0.150. The minimum absolute atomic E-state index is 0.0618. The van der Waals surface area contributed by atoms with Gasteiger partial charge in [0.05, 0.1) is 15.9 Å². The molecule has 45 heavy (non-hydrogen) atoms. The van der Waals surface area contributed by atoms with Crippen LogP contribution < -0.4 is 20.7 Å². The fraction of sp³-hybridized carbons (Fsp3) is 0.419. The van der Waals surface area contributed by atoms with Crippen molar-refractivity contribution in [2.75, 3.05) is 16.4 Å². The molecule has 0 unspecified atom stereocenters. The van der Waals surface area contributed by atoms with Crippen LogP contribution in [-0.4, -0.2) is 49.6 Å². The van der Waals surface area contributed by atoms with Gasteiger partial charge in [-0.25, -0.2) is 26.5 Å². The van der Waals surface area contributed by atoms with Gasteiger partial charge in [-0.05, 0) is 74.9 Å². The van der Waals surface area contributed by atoms with E-state index in [0.29, 0.717) is 37.3 Å². The highest BCUT2D eigenvalue weighted by atomic mass is 32.2. The molecule has 0 atom stereocenters. The molecule has 2 amide bonds. The number of rotatable bonds is 17. The first kappa shape index (κ1) is 33.8. The zero-order valence-corrected chi connectivity index (χ0v) is 27.1. The van der Waals surface area contributed by atoms with Crippen LogP contribution in [0.4, 0.5) is 23.1 Å². The van der Waals surface area contributed by atoms with E-state index < -0.39 is 25.8 Å². The molecule has 0 spiro atoms. The number of carbonyl (C=O) groups is 2. The second-order valence-corrected chi connectivity index (χ2v) is 15.2. The number of unbranched alkanes of at least 4 members (excludes halogenated alkanes) is 2. The van der Waals surface area contributed by atoms with E-state index in [9.17, 15) is 26.4 Å². The molecular weight excluding hydrogens is 617 g/mol. The maximum atomic E-state index is 12.7. The van der Waals surface area contributed by atoms with Crippen molar-refractivity contribution in [3.8, 4) is 0 Å². The molecule has 1 aromatic heterocycles. The topological polar surface area (TPSA) is 176 Å². The standard InChI is InChI=1S/C31H40N6O6S2/c1-3-4-13-29(39)37-45(42,43)27-12-8-11-25(19-27)35-31-33-20-22(2)30(36-31)34-24-10-7-9-23(18-24)21-32-28(38)14-5-6-17-44(40,41)26-15-16-26/h7-12,18-20,26H,3-6,13-17,21H2,1-2H3,(H,32,38)(H,37,39)(H2,33,34,35,36). The number of amides is 2. The number of nitrogens with zero attached hydrogens (tertiary/aromatic N) is 2. The third-order valence-electron chi connectivity index (χ3n) is 7.17. The lowest BCUT2D eigenvalue weighted by Crippen LogP contribution is -2.30. The first-order valence-corrected chi connectivity index (χ1v) is 18.3. The molecule has 1 saturated carbocycles. The molecule has 1 heterocycles. The van der Waals surface area contributed by atoms with E-state index in [1.807, 2.05) is 38.1 Å². The van der Waals surface area contributed by atoms with Crippen LogP contribution in [0.2, 0.25) is 0 Å². The number of hydrogen-bond acceptors (Lipinski definition) is 10. The summed E-state index contributed by atoms with van der Waals surface area (Å²) < 4.78 is 51.5. The second kappa shape index (κ2) is 15.3. The number of aryl methyl sites for hydroxylation is 1. The zero-order valence-electron chi connectivity index (χ0n) is 25.5. The van der Waals surface area contributed by atoms with E-state index >= 15 is 0 Å². The van der Waals surface area contributed by atoms with Crippen molar-refractivity contribution in [3.63, 3.8) is 0 Å². The van der Waals surface area contributed by atoms with Crippen molar-refractivity contribution >= 4 is 54.8 Å². The molecule has 0 radical (unpaired) electrons. The number of nitrogens with one attached hydrogen (secondary N) is 4. The first-order chi connectivity index (χ1) is 21.4. The average Bonchev–Trinajstić information content (AvgIpc) is 3.86. The molecule has 12 nitrogen and oxygen atoms in total. The van der Waals surface area contributed by atoms with Crippen LogP contribution in [0.3, 0.4) is 0 Å². The van der Waals surface area contributed by atoms with Gasteiger partial charge in [0.2, 0.25) is 17.8 Å². The number of hydrogen-bond donors (Lipinski definition) is 4. The Kier molecular flexibility index (Phi) is 11.5. The molecule has 4 rings (SSSR count). The monoisotopic (exact) mass is 656 g/mol. The lowest BCUT2D eigenvalue weighted by atomic mass is 10.2. The predicted molar refractivity (Wildman–Crippen MR) is 174 cm³/mol. The summed E-state index contributed by atoms with van der Waals surface area (Å²) in [5.74, 6) is 0.231. The van der Waals surface area contributed by atoms with Crippen LogP contribution in [0, 0.1) is 6.92 Å². The molecular formula is C31H40N6O6S2. The lowest BCUT2D eigenvalue weighted by molar-refractivity contribution is -0.121. The normalized spacial score (nSPS) is 13.2. The van der Waals surface area contributed by atoms with Crippen LogP contribution in [0.1, 0.15) is 69.4 Å². The van der Waals surface area contributed by atoms with Gasteiger partial charge >= 0.3 is 0 Å². The maximum absolute atomic E-state index is 12.7. The molecule has 2 aromatic carbocycles. The van der Waals surface area contributed by atoms with Crippen LogP contribution in [0.15, 0.2) is 59.6 Å². The summed E-state index contributed by atoms with van der Waals surface area (Å²) in [4.78, 5) is 33.1. The highest BCUT2D eigenvalue weighted by molar-refractivity contribution is 7.92. The molecule has 4 N–H and O–H groups in total. The smallest absolute Gasteiger partial charge is 0.264 e. The van der Waals surface area contributed by atoms with Crippen molar-refractivity contribution in [1.29, 1.82) is 0 Å². The fourth-order valence-corrected chi connectivity index (χ4v) is 7.32. The summed E-state index contributed by atoms with van der Waals surface area (Å²) in [6, 6.07) is 13.5. The Morgan fingerprint density at radius 3 is 2.33 bits per heavy atom. The number of aromatic nitrogens is 2. The van der Waals surface area contributed by atoms with E-state index in [2.05, 4.69) is 30.6 Å². The highest BCUT2D eigenvalue weighted by Gasteiger charge is 2.34. The highest BCUT2D eigenvalue weighted by Crippen LogP contribution is 2.29. The summed E-state index contributed by atoms with van der Waals surface area (Å²) in [6.07, 6.45) is 5.95. The molecule has 242 valence electrons. The molecule has 3 aromatic rings. The first-order valence-electron chi connectivity index (χ1n) is 15.1. The van der Waals surface area contributed by atoms with E-state index in [0.717, 1.165) is 36.1 Å². The van der Waals surface area contributed by atoms with Gasteiger partial charge in [-0.15, -0.1) is 0 Å². The van der Waals surface area contributed by atoms with Crippen LogP contribution in [-0.2, 0) is 36.0 Å². The molecule has 0 bridgehead atoms. The summed E-state index contributed by atoms with van der Waals surface area (Å²) >= 11 is 0. The Labute approximate surface area is 264 Å². The largest absolute Gasteiger partial charge is 0.352 e. The van der Waals surface area contributed by atoms with Crippen LogP contribution in [0.5, 0.6) is 0 Å². The maximum Gasteiger partial charge on any atom is 0.264 e. The Hall–Kier alpha value is -4.04. The number of benzene rings is 2. The molecule has 0 saturated heterocycles. The SMILES string of the molecule is CCCCC(=O)NS(=O)(=O)c1cccc(Nc2ncc(C)c(Nc3cccc(CNC(=O)CCCCS(=O)(=O)C4CC4)c3)n2)c1. The van der Waals surface area contributed by atoms with Crippen LogP contribution in [0.25, 0.3) is 0 Å². The minimum atomic E-state index is -4.03. The van der Waals surface area contributed by atoms with E-state index in [-0.39, 0.29) is 40.6 Å². The van der Waals surface area contributed by atoms with Gasteiger partial charge in [-0.3, -0.25) is 9.59 Å². The molecule has 1 fully saturated rings. The van der Waals surface area contributed by atoms with Crippen molar-refractivity contribution in [3.05, 3.63) is 65.9 Å². The van der Waals surface area contributed by atoms with Crippen molar-refractivity contribution in [2.45, 2.75) is 81.9 Å². The van der Waals surface area contributed by atoms with Gasteiger partial charge in [0.15, 0.2) is 9.84 Å². The second-order valence-electron chi connectivity index (χ2n) is 11.1. The van der Waals surface area contributed by atoms with E-state index in [4.69, 9.17) is 0 Å². The Morgan fingerprint density at radius 2 is 1.60 bits per heavy atom. The summed E-state index contributed by atoms with van der Waals surface area (Å²) in [5, 5.41) is 9.01. The third kappa shape index (κ3) is 10.5. The van der Waals surface area contributed by atoms with Gasteiger partial charge in [0, 0.05) is 42.5 Å². The summed E-state index contributed by atoms with van der Waals surface area (Å²) in [5.41, 5.74) is 2.81. The number of sulfone groups is 1. The number of sulfonamides is 1. The predicted octanol–water partition coefficient (Wildman–Crippen LogP) is 4.63. The Balaban J connectivity index is 1.32. The van der Waals surface area contributed by atoms with Crippen LogP contribution >= 0.6 is 0 Å². The van der Waals surface area contributed by atoms with Gasteiger partial charge in [-0.1, -0.05) is 31.5 Å². The van der Waals surface area contributed by atoms with Crippen molar-refractivity contribution in [1.82, 2.24) is 20.0 Å². The van der Waals surface area contributed by atoms with Gasteiger partial charge in [0.1, 0.15) is 5.82 Å². The van der Waals surface area contributed by atoms with E-state index in [1.165, 1.54) is 12.1 Å². The lowest BCUT2D eigenvalue weighted by Gasteiger charge is -2.13. The van der Waals surface area contributed by atoms with Gasteiger partial charge < -0.3 is 16.0 Å². The molecule has 0 aliphatic heterocycles. The summed E-state index contributed by atoms with van der Waals surface area (Å²) in [7, 11) is -7.02. The Morgan fingerprint density at radius 1 is 0.889 bits per heavy atom. The number of anilines is 4. The van der Waals surface area contributed by atoms with Gasteiger partial charge in [-0.2, -0.15) is 4.98 Å². The molecule has 1 aliphatic rings. The number of carbonyl (C=O) groups excluding carboxylic acids is 2. The summed E-state index contributed by atoms with van der Waals surface area (Å²) in [6.45, 7) is 4.09. The van der Waals surface area contributed by atoms with Crippen molar-refractivity contribution in [2.24, 2.45) is 0 Å². The zero-order chi connectivity index (χ0) is 32.5. The van der Waals surface area contributed by atoms with E-state index in [1.54, 1.807) is 18.3 Å².